The Labute approximate surface area is 68.2 Å². The van der Waals surface area contributed by atoms with Gasteiger partial charge in [0.15, 0.2) is 0 Å². The van der Waals surface area contributed by atoms with Crippen molar-refractivity contribution in [2.75, 3.05) is 6.61 Å². The second-order valence-corrected chi connectivity index (χ2v) is 2.63. The van der Waals surface area contributed by atoms with Crippen molar-refractivity contribution in [3.05, 3.63) is 0 Å². The molecule has 0 saturated heterocycles. The fourth-order valence-corrected chi connectivity index (χ4v) is 0.941. The van der Waals surface area contributed by atoms with Gasteiger partial charge in [0, 0.05) is 5.92 Å². The molecule has 1 unspecified atom stereocenters. The Morgan fingerprint density at radius 3 is 2.55 bits per heavy atom. The van der Waals surface area contributed by atoms with E-state index in [0.717, 1.165) is 12.8 Å². The van der Waals surface area contributed by atoms with Gasteiger partial charge in [-0.05, 0) is 6.42 Å². The summed E-state index contributed by atoms with van der Waals surface area (Å²) in [6.07, 6.45) is 6.14. The molecule has 64 valence electrons. The minimum absolute atomic E-state index is 0.0356. The molecule has 0 aliphatic carbocycles. The second-order valence-electron chi connectivity index (χ2n) is 2.63. The molecule has 2 heteroatoms. The summed E-state index contributed by atoms with van der Waals surface area (Å²) >= 11 is 0. The minimum Gasteiger partial charge on any atom is -0.462 e. The van der Waals surface area contributed by atoms with Gasteiger partial charge in [0.2, 0.25) is 0 Å². The van der Waals surface area contributed by atoms with Crippen LogP contribution in [0.5, 0.6) is 0 Å². The Kier molecular flexibility index (Phi) is 6.97. The molecule has 1 atom stereocenters. The maximum Gasteiger partial charge on any atom is 0.107 e. The SMILES string of the molecule is CCCCCC(C#CO)CO. The van der Waals surface area contributed by atoms with Gasteiger partial charge in [0.05, 0.1) is 6.61 Å². The van der Waals surface area contributed by atoms with Crippen LogP contribution in [-0.4, -0.2) is 16.8 Å². The molecule has 0 radical (unpaired) electrons. The molecule has 2 nitrogen and oxygen atoms in total. The molecule has 0 saturated carbocycles. The summed E-state index contributed by atoms with van der Waals surface area (Å²) in [5, 5.41) is 17.0. The first kappa shape index (κ1) is 10.3. The average Bonchev–Trinajstić information content (AvgIpc) is 2.03. The fourth-order valence-electron chi connectivity index (χ4n) is 0.941. The fraction of sp³-hybridized carbons (Fsp3) is 0.778. The highest BCUT2D eigenvalue weighted by atomic mass is 16.3. The van der Waals surface area contributed by atoms with Crippen molar-refractivity contribution in [3.8, 4) is 12.0 Å². The predicted molar refractivity (Wildman–Crippen MR) is 44.4 cm³/mol. The normalized spacial score (nSPS) is 11.8. The standard InChI is InChI=1S/C9H16O2/c1-2-3-4-5-9(8-11)6-7-10/h9-11H,2-5,8H2,1H3. The number of hydrogen-bond acceptors (Lipinski definition) is 2. The van der Waals surface area contributed by atoms with Crippen molar-refractivity contribution in [3.63, 3.8) is 0 Å². The maximum absolute atomic E-state index is 8.74. The van der Waals surface area contributed by atoms with Gasteiger partial charge in [0.25, 0.3) is 0 Å². The Morgan fingerprint density at radius 1 is 1.36 bits per heavy atom. The molecule has 0 aliphatic rings. The number of aliphatic hydroxyl groups excluding tert-OH is 2. The van der Waals surface area contributed by atoms with Crippen LogP contribution in [0.15, 0.2) is 0 Å². The van der Waals surface area contributed by atoms with E-state index in [1.54, 1.807) is 0 Å². The Balaban J connectivity index is 3.41. The summed E-state index contributed by atoms with van der Waals surface area (Å²) in [7, 11) is 0. The van der Waals surface area contributed by atoms with Crippen LogP contribution >= 0.6 is 0 Å². The minimum atomic E-state index is -0.0356. The van der Waals surface area contributed by atoms with Crippen LogP contribution in [0, 0.1) is 17.9 Å². The van der Waals surface area contributed by atoms with Crippen molar-refractivity contribution in [1.29, 1.82) is 0 Å². The third-order valence-electron chi connectivity index (χ3n) is 1.65. The number of unbranched alkanes of at least 4 members (excludes halogenated alkanes) is 2. The molecule has 0 spiro atoms. The van der Waals surface area contributed by atoms with E-state index in [4.69, 9.17) is 10.2 Å². The molecule has 0 aromatic heterocycles. The monoisotopic (exact) mass is 156 g/mol. The molecule has 0 amide bonds. The lowest BCUT2D eigenvalue weighted by Gasteiger charge is -2.04. The van der Waals surface area contributed by atoms with Gasteiger partial charge in [-0.25, -0.2) is 0 Å². The van der Waals surface area contributed by atoms with Crippen LogP contribution in [-0.2, 0) is 0 Å². The molecule has 0 aromatic rings. The van der Waals surface area contributed by atoms with Crippen molar-refractivity contribution in [2.45, 2.75) is 32.6 Å². The smallest absolute Gasteiger partial charge is 0.107 e. The predicted octanol–water partition coefficient (Wildman–Crippen LogP) is 1.51. The summed E-state index contributed by atoms with van der Waals surface area (Å²) in [5.41, 5.74) is 0. The largest absolute Gasteiger partial charge is 0.462 e. The molecule has 0 aromatic carbocycles. The third kappa shape index (κ3) is 5.75. The van der Waals surface area contributed by atoms with Gasteiger partial charge in [-0.3, -0.25) is 0 Å². The lowest BCUT2D eigenvalue weighted by Crippen LogP contribution is -2.02. The van der Waals surface area contributed by atoms with Crippen LogP contribution in [0.1, 0.15) is 32.6 Å². The lowest BCUT2D eigenvalue weighted by atomic mass is 10.0. The van der Waals surface area contributed by atoms with Crippen molar-refractivity contribution in [1.82, 2.24) is 0 Å². The van der Waals surface area contributed by atoms with E-state index in [1.807, 2.05) is 6.11 Å². The Hall–Kier alpha value is -0.680. The van der Waals surface area contributed by atoms with Crippen molar-refractivity contribution < 1.29 is 10.2 Å². The number of hydrogen-bond donors (Lipinski definition) is 2. The molecule has 0 rings (SSSR count). The van der Waals surface area contributed by atoms with Gasteiger partial charge >= 0.3 is 0 Å². The van der Waals surface area contributed by atoms with Gasteiger partial charge < -0.3 is 10.2 Å². The lowest BCUT2D eigenvalue weighted by molar-refractivity contribution is 0.247. The molecule has 2 N–H and O–H groups in total. The van der Waals surface area contributed by atoms with E-state index in [9.17, 15) is 0 Å². The first-order chi connectivity index (χ1) is 5.35. The molecule has 0 aliphatic heterocycles. The van der Waals surface area contributed by atoms with Crippen LogP contribution in [0.3, 0.4) is 0 Å². The van der Waals surface area contributed by atoms with E-state index in [1.165, 1.54) is 12.8 Å². The molecule has 11 heavy (non-hydrogen) atoms. The van der Waals surface area contributed by atoms with Crippen LogP contribution in [0.4, 0.5) is 0 Å². The van der Waals surface area contributed by atoms with E-state index in [-0.39, 0.29) is 12.5 Å². The van der Waals surface area contributed by atoms with E-state index in [2.05, 4.69) is 12.8 Å². The summed E-state index contributed by atoms with van der Waals surface area (Å²) < 4.78 is 0. The first-order valence-electron chi connectivity index (χ1n) is 4.10. The van der Waals surface area contributed by atoms with Crippen LogP contribution < -0.4 is 0 Å². The van der Waals surface area contributed by atoms with Crippen molar-refractivity contribution >= 4 is 0 Å². The highest BCUT2D eigenvalue weighted by molar-refractivity contribution is 4.96. The van der Waals surface area contributed by atoms with Crippen LogP contribution in [0.25, 0.3) is 0 Å². The zero-order valence-electron chi connectivity index (χ0n) is 7.01. The molecule has 0 bridgehead atoms. The summed E-state index contributed by atoms with van der Waals surface area (Å²) in [5.74, 6) is 2.51. The van der Waals surface area contributed by atoms with Crippen molar-refractivity contribution in [2.24, 2.45) is 5.92 Å². The van der Waals surface area contributed by atoms with E-state index < -0.39 is 0 Å². The van der Waals surface area contributed by atoms with Crippen LogP contribution in [0.2, 0.25) is 0 Å². The van der Waals surface area contributed by atoms with Gasteiger partial charge in [0.1, 0.15) is 6.11 Å². The highest BCUT2D eigenvalue weighted by Gasteiger charge is 2.01. The number of aliphatic hydroxyl groups is 2. The highest BCUT2D eigenvalue weighted by Crippen LogP contribution is 2.07. The maximum atomic E-state index is 8.74. The molecular formula is C9H16O2. The quantitative estimate of drug-likeness (QED) is 0.468. The second kappa shape index (κ2) is 7.43. The van der Waals surface area contributed by atoms with Gasteiger partial charge in [-0.1, -0.05) is 32.1 Å². The molecular weight excluding hydrogens is 140 g/mol. The van der Waals surface area contributed by atoms with E-state index in [0.29, 0.717) is 0 Å². The van der Waals surface area contributed by atoms with Gasteiger partial charge in [-0.2, -0.15) is 0 Å². The molecule has 0 fully saturated rings. The third-order valence-corrected chi connectivity index (χ3v) is 1.65. The topological polar surface area (TPSA) is 40.5 Å². The first-order valence-corrected chi connectivity index (χ1v) is 4.10. The summed E-state index contributed by atoms with van der Waals surface area (Å²) in [6, 6.07) is 0. The molecule has 0 heterocycles. The average molecular weight is 156 g/mol. The zero-order chi connectivity index (χ0) is 8.53. The summed E-state index contributed by atoms with van der Waals surface area (Å²) in [4.78, 5) is 0. The Morgan fingerprint density at radius 2 is 2.09 bits per heavy atom. The van der Waals surface area contributed by atoms with Gasteiger partial charge in [-0.15, -0.1) is 0 Å². The number of rotatable bonds is 5. The zero-order valence-corrected chi connectivity index (χ0v) is 7.01. The Bertz CT molecular complexity index is 132. The van der Waals surface area contributed by atoms with E-state index >= 15 is 0 Å². The summed E-state index contributed by atoms with van der Waals surface area (Å²) in [6.45, 7) is 2.18.